The van der Waals surface area contributed by atoms with E-state index in [1.54, 1.807) is 0 Å². The normalized spacial score (nSPS) is 10.6. The highest BCUT2D eigenvalue weighted by atomic mass is 19.1. The molecule has 0 unspecified atom stereocenters. The average molecular weight is 210 g/mol. The van der Waals surface area contributed by atoms with Gasteiger partial charge in [0.1, 0.15) is 11.6 Å². The van der Waals surface area contributed by atoms with Gasteiger partial charge in [-0.2, -0.15) is 5.10 Å². The lowest BCUT2D eigenvalue weighted by Crippen LogP contribution is -1.86. The Morgan fingerprint density at radius 3 is 2.73 bits per heavy atom. The Kier molecular flexibility index (Phi) is 2.47. The topological polar surface area (TPSA) is 48.9 Å². The fourth-order valence-corrected chi connectivity index (χ4v) is 1.27. The minimum absolute atomic E-state index is 0.0750. The molecule has 3 nitrogen and oxygen atoms in total. The van der Waals surface area contributed by atoms with Gasteiger partial charge in [-0.1, -0.05) is 0 Å². The first kappa shape index (κ1) is 9.79. The number of nitrogens with zero attached hydrogens (tertiary/aromatic N) is 1. The lowest BCUT2D eigenvalue weighted by Gasteiger charge is -1.98. The highest BCUT2D eigenvalue weighted by Gasteiger charge is 2.09. The molecule has 0 spiro atoms. The van der Waals surface area contributed by atoms with E-state index in [4.69, 9.17) is 5.11 Å². The van der Waals surface area contributed by atoms with Gasteiger partial charge in [0.15, 0.2) is 0 Å². The molecule has 0 radical (unpaired) electrons. The van der Waals surface area contributed by atoms with Gasteiger partial charge in [0.05, 0.1) is 18.0 Å². The zero-order valence-electron chi connectivity index (χ0n) is 7.67. The second-order valence-corrected chi connectivity index (χ2v) is 3.06. The van der Waals surface area contributed by atoms with E-state index in [9.17, 15) is 8.78 Å². The van der Waals surface area contributed by atoms with Gasteiger partial charge < -0.3 is 5.11 Å². The van der Waals surface area contributed by atoms with E-state index in [0.717, 1.165) is 18.2 Å². The SMILES string of the molecule is OCc1cc(-c2cc(F)ccc2F)n[nH]1. The summed E-state index contributed by atoms with van der Waals surface area (Å²) >= 11 is 0. The van der Waals surface area contributed by atoms with E-state index in [0.29, 0.717) is 5.69 Å². The van der Waals surface area contributed by atoms with Crippen LogP contribution in [0.15, 0.2) is 24.3 Å². The predicted octanol–water partition coefficient (Wildman–Crippen LogP) is 1.85. The van der Waals surface area contributed by atoms with Crippen LogP contribution in [-0.4, -0.2) is 15.3 Å². The number of hydrogen-bond acceptors (Lipinski definition) is 2. The van der Waals surface area contributed by atoms with Crippen molar-refractivity contribution >= 4 is 0 Å². The molecule has 0 saturated carbocycles. The van der Waals surface area contributed by atoms with Crippen LogP contribution >= 0.6 is 0 Å². The summed E-state index contributed by atoms with van der Waals surface area (Å²) in [5, 5.41) is 15.1. The third-order valence-electron chi connectivity index (χ3n) is 2.01. The van der Waals surface area contributed by atoms with Gasteiger partial charge in [0.2, 0.25) is 0 Å². The highest BCUT2D eigenvalue weighted by molar-refractivity contribution is 5.60. The lowest BCUT2D eigenvalue weighted by atomic mass is 10.1. The first-order valence-electron chi connectivity index (χ1n) is 4.31. The molecule has 1 aromatic carbocycles. The molecule has 0 saturated heterocycles. The summed E-state index contributed by atoms with van der Waals surface area (Å²) in [6.07, 6.45) is 0. The molecule has 5 heteroatoms. The quantitative estimate of drug-likeness (QED) is 0.794. The van der Waals surface area contributed by atoms with Crippen molar-refractivity contribution in [1.82, 2.24) is 10.2 Å². The minimum atomic E-state index is -0.549. The van der Waals surface area contributed by atoms with Crippen LogP contribution in [0.3, 0.4) is 0 Å². The molecule has 0 aliphatic rings. The van der Waals surface area contributed by atoms with Crippen LogP contribution in [0.25, 0.3) is 11.3 Å². The van der Waals surface area contributed by atoms with E-state index in [2.05, 4.69) is 10.2 Å². The zero-order valence-corrected chi connectivity index (χ0v) is 7.67. The molecular formula is C10H8F2N2O. The number of aromatic amines is 1. The first-order chi connectivity index (χ1) is 7.20. The Bertz CT molecular complexity index is 482. The number of aromatic nitrogens is 2. The van der Waals surface area contributed by atoms with Crippen LogP contribution in [0.5, 0.6) is 0 Å². The summed E-state index contributed by atoms with van der Waals surface area (Å²) in [6.45, 7) is -0.218. The minimum Gasteiger partial charge on any atom is -0.390 e. The van der Waals surface area contributed by atoms with Crippen LogP contribution in [0, 0.1) is 11.6 Å². The standard InChI is InChI=1S/C10H8F2N2O/c11-6-1-2-9(12)8(3-6)10-4-7(5-15)13-14-10/h1-4,15H,5H2,(H,13,14). The fraction of sp³-hybridized carbons (Fsp3) is 0.100. The van der Waals surface area contributed by atoms with Gasteiger partial charge in [-0.3, -0.25) is 5.10 Å². The maximum absolute atomic E-state index is 13.3. The van der Waals surface area contributed by atoms with Crippen LogP contribution < -0.4 is 0 Å². The number of aliphatic hydroxyl groups excluding tert-OH is 1. The molecule has 0 aliphatic heterocycles. The van der Waals surface area contributed by atoms with Gasteiger partial charge in [-0.15, -0.1) is 0 Å². The number of rotatable bonds is 2. The summed E-state index contributed by atoms with van der Waals surface area (Å²) in [7, 11) is 0. The van der Waals surface area contributed by atoms with Crippen molar-refractivity contribution in [2.45, 2.75) is 6.61 Å². The zero-order chi connectivity index (χ0) is 10.8. The van der Waals surface area contributed by atoms with Gasteiger partial charge in [0, 0.05) is 5.56 Å². The van der Waals surface area contributed by atoms with Crippen LogP contribution in [0.4, 0.5) is 8.78 Å². The van der Waals surface area contributed by atoms with E-state index >= 15 is 0 Å². The van der Waals surface area contributed by atoms with E-state index in [1.807, 2.05) is 0 Å². The van der Waals surface area contributed by atoms with Gasteiger partial charge in [-0.05, 0) is 24.3 Å². The summed E-state index contributed by atoms with van der Waals surface area (Å²) in [6, 6.07) is 4.61. The number of hydrogen-bond donors (Lipinski definition) is 2. The molecule has 15 heavy (non-hydrogen) atoms. The molecule has 0 fully saturated rings. The summed E-state index contributed by atoms with van der Waals surface area (Å²) in [5.74, 6) is -1.08. The van der Waals surface area contributed by atoms with Crippen molar-refractivity contribution in [3.63, 3.8) is 0 Å². The Balaban J connectivity index is 2.48. The Morgan fingerprint density at radius 1 is 1.27 bits per heavy atom. The van der Waals surface area contributed by atoms with Gasteiger partial charge >= 0.3 is 0 Å². The molecule has 0 atom stereocenters. The molecule has 0 amide bonds. The van der Waals surface area contributed by atoms with Gasteiger partial charge in [0.25, 0.3) is 0 Å². The molecule has 0 bridgehead atoms. The summed E-state index contributed by atoms with van der Waals surface area (Å²) < 4.78 is 26.2. The van der Waals surface area contributed by atoms with E-state index < -0.39 is 11.6 Å². The largest absolute Gasteiger partial charge is 0.390 e. The molecule has 1 heterocycles. The third kappa shape index (κ3) is 1.87. The molecule has 0 aliphatic carbocycles. The van der Waals surface area contributed by atoms with Crippen LogP contribution in [0.2, 0.25) is 0 Å². The second kappa shape index (κ2) is 3.78. The molecule has 78 valence electrons. The fourth-order valence-electron chi connectivity index (χ4n) is 1.27. The number of nitrogens with one attached hydrogen (secondary N) is 1. The monoisotopic (exact) mass is 210 g/mol. The van der Waals surface area contributed by atoms with Crippen molar-refractivity contribution in [3.05, 3.63) is 41.6 Å². The molecule has 2 rings (SSSR count). The average Bonchev–Trinajstić information content (AvgIpc) is 2.70. The number of benzene rings is 1. The Hall–Kier alpha value is -1.75. The van der Waals surface area contributed by atoms with Crippen molar-refractivity contribution in [2.24, 2.45) is 0 Å². The lowest BCUT2D eigenvalue weighted by molar-refractivity contribution is 0.276. The molecule has 2 aromatic rings. The molecular weight excluding hydrogens is 202 g/mol. The highest BCUT2D eigenvalue weighted by Crippen LogP contribution is 2.22. The van der Waals surface area contributed by atoms with Crippen molar-refractivity contribution in [3.8, 4) is 11.3 Å². The maximum atomic E-state index is 13.3. The van der Waals surface area contributed by atoms with Crippen LogP contribution in [-0.2, 0) is 6.61 Å². The molecule has 2 N–H and O–H groups in total. The van der Waals surface area contributed by atoms with Crippen molar-refractivity contribution in [1.29, 1.82) is 0 Å². The summed E-state index contributed by atoms with van der Waals surface area (Å²) in [5.41, 5.74) is 0.802. The van der Waals surface area contributed by atoms with E-state index in [-0.39, 0.29) is 17.9 Å². The third-order valence-corrected chi connectivity index (χ3v) is 2.01. The van der Waals surface area contributed by atoms with Crippen molar-refractivity contribution in [2.75, 3.05) is 0 Å². The maximum Gasteiger partial charge on any atom is 0.132 e. The van der Waals surface area contributed by atoms with Gasteiger partial charge in [-0.25, -0.2) is 8.78 Å². The van der Waals surface area contributed by atoms with Crippen molar-refractivity contribution < 1.29 is 13.9 Å². The first-order valence-corrected chi connectivity index (χ1v) is 4.31. The number of halogens is 2. The Morgan fingerprint density at radius 2 is 2.07 bits per heavy atom. The predicted molar refractivity (Wildman–Crippen MR) is 49.9 cm³/mol. The molecule has 1 aromatic heterocycles. The smallest absolute Gasteiger partial charge is 0.132 e. The number of aliphatic hydroxyl groups is 1. The van der Waals surface area contributed by atoms with Crippen LogP contribution in [0.1, 0.15) is 5.69 Å². The van der Waals surface area contributed by atoms with E-state index in [1.165, 1.54) is 6.07 Å². The second-order valence-electron chi connectivity index (χ2n) is 3.06. The Labute approximate surface area is 84.4 Å². The number of H-pyrrole nitrogens is 1. The summed E-state index contributed by atoms with van der Waals surface area (Å²) in [4.78, 5) is 0.